The number of benzene rings is 8. The van der Waals surface area contributed by atoms with Crippen molar-refractivity contribution in [3.8, 4) is 39.8 Å². The number of hydrogen-bond acceptors (Lipinski definition) is 2. The van der Waals surface area contributed by atoms with Crippen molar-refractivity contribution in [2.24, 2.45) is 0 Å². The molecule has 6 heteroatoms. The first-order valence-corrected chi connectivity index (χ1v) is 29.0. The fourth-order valence-electron chi connectivity index (χ4n) is 12.0. The molecule has 0 aliphatic heterocycles. The Kier molecular flexibility index (Phi) is 15.4. The van der Waals surface area contributed by atoms with E-state index < -0.39 is 10.8 Å². The normalized spacial score (nSPS) is 12.7. The predicted molar refractivity (Wildman–Crippen MR) is 340 cm³/mol. The summed E-state index contributed by atoms with van der Waals surface area (Å²) in [6.45, 7) is 34.5. The summed E-state index contributed by atoms with van der Waals surface area (Å²) in [5, 5.41) is 2.30. The fourth-order valence-corrected chi connectivity index (χ4v) is 12.0. The van der Waals surface area contributed by atoms with E-state index in [9.17, 15) is 0 Å². The molecule has 0 N–H and O–H groups in total. The average molecular weight is 1270 g/mol. The largest absolute Gasteiger partial charge is 0.510 e. The van der Waals surface area contributed by atoms with Crippen LogP contribution in [0.1, 0.15) is 154 Å². The van der Waals surface area contributed by atoms with Crippen molar-refractivity contribution in [3.63, 3.8) is 0 Å². The Morgan fingerprint density at radius 2 is 0.988 bits per heavy atom. The molecule has 0 atom stereocenters. The zero-order chi connectivity index (χ0) is 58.1. The Bertz CT molecular complexity index is 4130. The van der Waals surface area contributed by atoms with Gasteiger partial charge >= 0.3 is 0 Å². The summed E-state index contributed by atoms with van der Waals surface area (Å²) in [5.41, 5.74) is 14.5. The van der Waals surface area contributed by atoms with Crippen molar-refractivity contribution in [1.29, 1.82) is 0 Å². The van der Waals surface area contributed by atoms with E-state index in [1.54, 1.807) is 0 Å². The Morgan fingerprint density at radius 1 is 0.446 bits per heavy atom. The standard InChI is InChI=1S/C77H78N4O.Pt/c1-72(2,3)57-40-41-78-68(47-57)81-66-39-29-28-38-64(66)69-65(74(7,8)9)49-63(50-67(69)81)82-62-46-58(73(4,5)6)44-61(48-62)80-51-79(70(76(12,13)55-34-24-18-25-35-55)71(80)77(14,15)56-36-26-19-27-37-56)60-43-53(52-30-20-16-21-31-52)42-59(45-60)75(10,11)54-32-22-17-23-33-54;/h16-47,49H,1-15H3;/q-2;. The van der Waals surface area contributed by atoms with E-state index in [0.717, 1.165) is 72.6 Å². The summed E-state index contributed by atoms with van der Waals surface area (Å²) in [5.74, 6) is 2.04. The van der Waals surface area contributed by atoms with Gasteiger partial charge < -0.3 is 13.9 Å². The van der Waals surface area contributed by atoms with Gasteiger partial charge in [-0.25, -0.2) is 4.98 Å². The summed E-state index contributed by atoms with van der Waals surface area (Å²) < 4.78 is 14.3. The van der Waals surface area contributed by atoms with Gasteiger partial charge in [-0.05, 0) is 96.6 Å². The zero-order valence-electron chi connectivity index (χ0n) is 51.1. The molecule has 0 radical (unpaired) electrons. The minimum Gasteiger partial charge on any atom is -0.510 e. The van der Waals surface area contributed by atoms with E-state index in [2.05, 4.69) is 330 Å². The SMILES string of the molecule is CC(C)(C)c1cc(Oc2[c-]c3c(c(C(C)(C)C)c2)c2ccccc2n3-c2cc(C(C)(C)C)ccn2)[c-]c(-n2[c-][n+](-c3cc(-c4ccccc4)cc(C(C)(C)c4ccccc4)c3)c(C(C)(C)c3ccccc3)c2C(C)(C)c2ccccc2)c1.[Pt]. The summed E-state index contributed by atoms with van der Waals surface area (Å²) in [4.78, 5) is 5.04. The molecule has 3 heterocycles. The summed E-state index contributed by atoms with van der Waals surface area (Å²) >= 11 is 0. The second-order valence-electron chi connectivity index (χ2n) is 27.1. The number of ether oxygens (including phenoxy) is 1. The van der Waals surface area contributed by atoms with Crippen molar-refractivity contribution < 1.29 is 30.4 Å². The number of pyridine rings is 1. The number of nitrogens with zero attached hydrogens (tertiary/aromatic N) is 4. The van der Waals surface area contributed by atoms with Crippen LogP contribution in [0.5, 0.6) is 11.5 Å². The first-order chi connectivity index (χ1) is 38.8. The topological polar surface area (TPSA) is 35.9 Å². The van der Waals surface area contributed by atoms with Crippen LogP contribution in [0.2, 0.25) is 0 Å². The predicted octanol–water partition coefficient (Wildman–Crippen LogP) is 19.0. The van der Waals surface area contributed by atoms with E-state index in [1.165, 1.54) is 27.8 Å². The first kappa shape index (κ1) is 58.6. The number of rotatable bonds is 12. The molecule has 424 valence electrons. The second-order valence-corrected chi connectivity index (χ2v) is 27.1. The number of aromatic nitrogens is 4. The maximum absolute atomic E-state index is 7.33. The first-order valence-electron chi connectivity index (χ1n) is 29.0. The van der Waals surface area contributed by atoms with Gasteiger partial charge in [-0.2, -0.15) is 11.6 Å². The Morgan fingerprint density at radius 3 is 1.58 bits per heavy atom. The monoisotopic (exact) mass is 1270 g/mol. The van der Waals surface area contributed by atoms with Gasteiger partial charge in [0, 0.05) is 60.5 Å². The van der Waals surface area contributed by atoms with Crippen LogP contribution >= 0.6 is 0 Å². The molecule has 0 saturated heterocycles. The van der Waals surface area contributed by atoms with E-state index in [1.807, 2.05) is 6.20 Å². The minimum absolute atomic E-state index is 0. The molecule has 0 saturated carbocycles. The molecule has 83 heavy (non-hydrogen) atoms. The smallest absolute Gasteiger partial charge is 0.267 e. The number of para-hydroxylation sites is 1. The molecule has 0 bridgehead atoms. The van der Waals surface area contributed by atoms with E-state index >= 15 is 0 Å². The van der Waals surface area contributed by atoms with Gasteiger partial charge in [-0.15, -0.1) is 29.8 Å². The summed E-state index contributed by atoms with van der Waals surface area (Å²) in [7, 11) is 0. The van der Waals surface area contributed by atoms with Gasteiger partial charge in [0.2, 0.25) is 0 Å². The van der Waals surface area contributed by atoms with Gasteiger partial charge in [0.15, 0.2) is 0 Å². The molecule has 5 nitrogen and oxygen atoms in total. The number of imidazole rings is 1. The molecule has 3 aromatic heterocycles. The molecule has 11 aromatic rings. The van der Waals surface area contributed by atoms with Crippen LogP contribution < -0.4 is 9.30 Å². The van der Waals surface area contributed by atoms with Crippen LogP contribution in [-0.4, -0.2) is 14.1 Å². The van der Waals surface area contributed by atoms with Gasteiger partial charge in [0.1, 0.15) is 5.82 Å². The molecule has 11 rings (SSSR count). The van der Waals surface area contributed by atoms with Crippen LogP contribution in [0.15, 0.2) is 200 Å². The molecular formula is C77H78N4OPt-2. The van der Waals surface area contributed by atoms with Crippen LogP contribution in [-0.2, 0) is 53.6 Å². The van der Waals surface area contributed by atoms with Gasteiger partial charge in [-0.3, -0.25) is 4.57 Å². The quantitative estimate of drug-likeness (QED) is 0.0903. The molecule has 0 aliphatic rings. The molecular weight excluding hydrogens is 1190 g/mol. The van der Waals surface area contributed by atoms with E-state index in [-0.39, 0.29) is 42.7 Å². The number of hydrogen-bond donors (Lipinski definition) is 0. The third-order valence-corrected chi connectivity index (χ3v) is 17.0. The van der Waals surface area contributed by atoms with Crippen LogP contribution in [0.25, 0.3) is 50.1 Å². The van der Waals surface area contributed by atoms with E-state index in [0.29, 0.717) is 11.5 Å². The molecule has 0 spiro atoms. The minimum atomic E-state index is -0.577. The molecule has 8 aromatic carbocycles. The van der Waals surface area contributed by atoms with Gasteiger partial charge in [0.25, 0.3) is 6.33 Å². The van der Waals surface area contributed by atoms with Crippen molar-refractivity contribution in [1.82, 2.24) is 14.1 Å². The average Bonchev–Trinajstić information content (AvgIpc) is 1.75. The molecule has 0 aliphatic carbocycles. The van der Waals surface area contributed by atoms with Crippen LogP contribution in [0.4, 0.5) is 0 Å². The fraction of sp³-hybridized carbons (Fsp3) is 0.273. The van der Waals surface area contributed by atoms with Crippen molar-refractivity contribution in [2.45, 2.75) is 136 Å². The van der Waals surface area contributed by atoms with E-state index in [4.69, 9.17) is 9.72 Å². The third-order valence-electron chi connectivity index (χ3n) is 17.0. The molecule has 0 fully saturated rings. The molecule has 0 amide bonds. The Labute approximate surface area is 508 Å². The second kappa shape index (κ2) is 21.9. The summed E-state index contributed by atoms with van der Waals surface area (Å²) in [6.07, 6.45) is 6.07. The maximum Gasteiger partial charge on any atom is 0.267 e. The number of fused-ring (bicyclic) bond motifs is 3. The van der Waals surface area contributed by atoms with Crippen molar-refractivity contribution in [2.75, 3.05) is 0 Å². The van der Waals surface area contributed by atoms with Crippen molar-refractivity contribution >= 4 is 21.8 Å². The van der Waals surface area contributed by atoms with Crippen LogP contribution in [0.3, 0.4) is 0 Å². The maximum atomic E-state index is 7.33. The molecule has 0 unspecified atom stereocenters. The van der Waals surface area contributed by atoms with Gasteiger partial charge in [-0.1, -0.05) is 260 Å². The van der Waals surface area contributed by atoms with Crippen molar-refractivity contribution in [3.05, 3.63) is 269 Å². The van der Waals surface area contributed by atoms with Crippen LogP contribution in [0, 0.1) is 18.5 Å². The summed E-state index contributed by atoms with van der Waals surface area (Å²) in [6, 6.07) is 78.1. The van der Waals surface area contributed by atoms with Gasteiger partial charge in [0.05, 0.1) is 17.1 Å². The zero-order valence-corrected chi connectivity index (χ0v) is 53.3. The Balaban J connectivity index is 0.00000769. The third kappa shape index (κ3) is 11.1. The Hall–Kier alpha value is -7.59.